The van der Waals surface area contributed by atoms with Crippen molar-refractivity contribution < 1.29 is 32.7 Å². The number of imide groups is 2. The van der Waals surface area contributed by atoms with Gasteiger partial charge in [-0.2, -0.15) is 0 Å². The van der Waals surface area contributed by atoms with Crippen molar-refractivity contribution in [3.63, 3.8) is 0 Å². The number of carbonyl (C=O) groups excluding carboxylic acids is 4. The number of rotatable bonds is 1. The van der Waals surface area contributed by atoms with E-state index in [-0.39, 0.29) is 42.6 Å². The van der Waals surface area contributed by atoms with Gasteiger partial charge in [0.05, 0.1) is 28.5 Å². The SMILES string of the molecule is O=C1CCC(C2C3(CCNCC3)Oc3cc4c(cc3C2(F)F)C(=O)NC4=O)C(=O)N1. The molecule has 3 N–H and O–H groups in total. The van der Waals surface area contributed by atoms with Crippen LogP contribution in [-0.2, 0) is 15.5 Å². The maximum Gasteiger partial charge on any atom is 0.284 e. The molecule has 0 saturated carbocycles. The minimum Gasteiger partial charge on any atom is -0.486 e. The van der Waals surface area contributed by atoms with Crippen molar-refractivity contribution in [2.75, 3.05) is 13.1 Å². The molecule has 4 aliphatic rings. The lowest BCUT2D eigenvalue weighted by Gasteiger charge is -2.52. The summed E-state index contributed by atoms with van der Waals surface area (Å²) in [5.41, 5.74) is -1.98. The minimum atomic E-state index is -3.51. The number of nitrogens with one attached hydrogen (secondary N) is 3. The number of hydrogen-bond donors (Lipinski definition) is 3. The van der Waals surface area contributed by atoms with Gasteiger partial charge in [0.2, 0.25) is 11.8 Å². The van der Waals surface area contributed by atoms with E-state index in [1.54, 1.807) is 0 Å². The van der Waals surface area contributed by atoms with Gasteiger partial charge in [-0.15, -0.1) is 0 Å². The Balaban J connectivity index is 1.67. The van der Waals surface area contributed by atoms with E-state index in [0.29, 0.717) is 13.1 Å². The fourth-order valence-corrected chi connectivity index (χ4v) is 5.23. The molecule has 10 heteroatoms. The van der Waals surface area contributed by atoms with Crippen molar-refractivity contribution in [2.24, 2.45) is 11.8 Å². The fraction of sp³-hybridized carbons (Fsp3) is 0.500. The van der Waals surface area contributed by atoms with Crippen LogP contribution in [0.25, 0.3) is 0 Å². The highest BCUT2D eigenvalue weighted by molar-refractivity contribution is 6.21. The summed E-state index contributed by atoms with van der Waals surface area (Å²) in [5.74, 6) is -8.88. The zero-order valence-corrected chi connectivity index (χ0v) is 15.8. The van der Waals surface area contributed by atoms with Crippen LogP contribution < -0.4 is 20.7 Å². The largest absolute Gasteiger partial charge is 0.486 e. The number of ether oxygens (including phenoxy) is 1. The van der Waals surface area contributed by atoms with Gasteiger partial charge in [0.1, 0.15) is 11.4 Å². The van der Waals surface area contributed by atoms with E-state index in [9.17, 15) is 19.2 Å². The highest BCUT2D eigenvalue weighted by Gasteiger charge is 2.64. The molecule has 1 aromatic carbocycles. The van der Waals surface area contributed by atoms with Gasteiger partial charge in [0, 0.05) is 19.3 Å². The van der Waals surface area contributed by atoms with Gasteiger partial charge in [-0.3, -0.25) is 29.8 Å². The molecule has 2 fully saturated rings. The highest BCUT2D eigenvalue weighted by Crippen LogP contribution is 2.58. The van der Waals surface area contributed by atoms with Crippen LogP contribution >= 0.6 is 0 Å². The van der Waals surface area contributed by atoms with E-state index in [2.05, 4.69) is 16.0 Å². The Morgan fingerprint density at radius 2 is 1.63 bits per heavy atom. The number of halogens is 2. The number of carbonyl (C=O) groups is 4. The third-order valence-electron chi connectivity index (χ3n) is 6.60. The third-order valence-corrected chi connectivity index (χ3v) is 6.60. The molecule has 158 valence electrons. The molecule has 30 heavy (non-hydrogen) atoms. The Bertz CT molecular complexity index is 1000. The lowest BCUT2D eigenvalue weighted by Crippen LogP contribution is -2.63. The number of amides is 4. The quantitative estimate of drug-likeness (QED) is 0.582. The molecular formula is C20H19F2N3O5. The lowest BCUT2D eigenvalue weighted by atomic mass is 9.64. The molecule has 0 bridgehead atoms. The Hall–Kier alpha value is -2.88. The predicted molar refractivity (Wildman–Crippen MR) is 97.0 cm³/mol. The summed E-state index contributed by atoms with van der Waals surface area (Å²) in [4.78, 5) is 48.2. The average molecular weight is 419 g/mol. The van der Waals surface area contributed by atoms with Crippen LogP contribution in [-0.4, -0.2) is 42.3 Å². The van der Waals surface area contributed by atoms with Crippen LogP contribution in [0.2, 0.25) is 0 Å². The topological polar surface area (TPSA) is 114 Å². The number of benzene rings is 1. The van der Waals surface area contributed by atoms with Gasteiger partial charge < -0.3 is 10.1 Å². The molecule has 4 aliphatic heterocycles. The van der Waals surface area contributed by atoms with E-state index >= 15 is 8.78 Å². The van der Waals surface area contributed by atoms with E-state index in [0.717, 1.165) is 6.07 Å². The molecule has 2 saturated heterocycles. The molecule has 4 amide bonds. The van der Waals surface area contributed by atoms with Crippen LogP contribution in [0.5, 0.6) is 5.75 Å². The molecule has 4 heterocycles. The Morgan fingerprint density at radius 1 is 0.967 bits per heavy atom. The summed E-state index contributed by atoms with van der Waals surface area (Å²) in [5, 5.41) is 7.39. The van der Waals surface area contributed by atoms with Crippen molar-refractivity contribution in [3.8, 4) is 5.75 Å². The normalized spacial score (nSPS) is 29.0. The van der Waals surface area contributed by atoms with Gasteiger partial charge in [0.25, 0.3) is 17.7 Å². The summed E-state index contributed by atoms with van der Waals surface area (Å²) < 4.78 is 38.3. The smallest absolute Gasteiger partial charge is 0.284 e. The molecule has 0 aliphatic carbocycles. The summed E-state index contributed by atoms with van der Waals surface area (Å²) in [7, 11) is 0. The minimum absolute atomic E-state index is 0.00177. The second-order valence-electron chi connectivity index (χ2n) is 8.25. The average Bonchev–Trinajstić information content (AvgIpc) is 2.96. The zero-order chi connectivity index (χ0) is 21.3. The fourth-order valence-electron chi connectivity index (χ4n) is 5.23. The molecule has 1 aromatic rings. The van der Waals surface area contributed by atoms with E-state index in [4.69, 9.17) is 4.74 Å². The molecule has 8 nitrogen and oxygen atoms in total. The van der Waals surface area contributed by atoms with E-state index in [1.807, 2.05) is 0 Å². The van der Waals surface area contributed by atoms with E-state index < -0.39 is 52.6 Å². The van der Waals surface area contributed by atoms with Crippen molar-refractivity contribution in [2.45, 2.75) is 37.2 Å². The maximum atomic E-state index is 16.1. The van der Waals surface area contributed by atoms with Gasteiger partial charge in [-0.1, -0.05) is 0 Å². The first kappa shape index (κ1) is 19.1. The predicted octanol–water partition coefficient (Wildman–Crippen LogP) is 0.846. The number of piperidine rings is 2. The first-order valence-corrected chi connectivity index (χ1v) is 9.88. The lowest BCUT2D eigenvalue weighted by molar-refractivity contribution is -0.200. The first-order chi connectivity index (χ1) is 14.2. The number of fused-ring (bicyclic) bond motifs is 2. The van der Waals surface area contributed by atoms with Gasteiger partial charge in [0.15, 0.2) is 0 Å². The molecule has 2 unspecified atom stereocenters. The second-order valence-corrected chi connectivity index (χ2v) is 8.25. The second kappa shape index (κ2) is 6.31. The number of alkyl halides is 2. The zero-order valence-electron chi connectivity index (χ0n) is 15.8. The Labute approximate surface area is 169 Å². The van der Waals surface area contributed by atoms with Crippen molar-refractivity contribution in [1.82, 2.24) is 16.0 Å². The Kier molecular flexibility index (Phi) is 4.02. The highest BCUT2D eigenvalue weighted by atomic mass is 19.3. The van der Waals surface area contributed by atoms with Crippen molar-refractivity contribution >= 4 is 23.6 Å². The molecule has 0 radical (unpaired) electrons. The summed E-state index contributed by atoms with van der Waals surface area (Å²) in [6.07, 6.45) is 0.466. The van der Waals surface area contributed by atoms with Crippen LogP contribution in [0.3, 0.4) is 0 Å². The van der Waals surface area contributed by atoms with Crippen LogP contribution in [0.1, 0.15) is 52.0 Å². The summed E-state index contributed by atoms with van der Waals surface area (Å²) in [6, 6.07) is 2.20. The molecule has 0 aromatic heterocycles. The molecule has 5 rings (SSSR count). The molecule has 1 spiro atoms. The van der Waals surface area contributed by atoms with Crippen LogP contribution in [0.4, 0.5) is 8.78 Å². The van der Waals surface area contributed by atoms with Gasteiger partial charge >= 0.3 is 0 Å². The summed E-state index contributed by atoms with van der Waals surface area (Å²) in [6.45, 7) is 0.859. The van der Waals surface area contributed by atoms with Crippen molar-refractivity contribution in [1.29, 1.82) is 0 Å². The van der Waals surface area contributed by atoms with Crippen molar-refractivity contribution in [3.05, 3.63) is 28.8 Å². The number of hydrogen-bond acceptors (Lipinski definition) is 6. The molecular weight excluding hydrogens is 400 g/mol. The first-order valence-electron chi connectivity index (χ1n) is 9.88. The third kappa shape index (κ3) is 2.59. The summed E-state index contributed by atoms with van der Waals surface area (Å²) >= 11 is 0. The standard InChI is InChI=1S/C20H19F2N3O5/c21-20(22)12-7-10-11(18(29)25-17(10)28)8-13(12)30-19(3-5-23-6-4-19)15(20)9-1-2-14(26)24-16(9)27/h7-9,15,23H,1-6H2,(H,24,26,27)(H,25,28,29). The van der Waals surface area contributed by atoms with Gasteiger partial charge in [-0.25, -0.2) is 8.78 Å². The van der Waals surface area contributed by atoms with Crippen LogP contribution in [0.15, 0.2) is 12.1 Å². The Morgan fingerprint density at radius 3 is 2.30 bits per heavy atom. The monoisotopic (exact) mass is 419 g/mol. The van der Waals surface area contributed by atoms with Gasteiger partial charge in [-0.05, 0) is 31.6 Å². The maximum absolute atomic E-state index is 16.1. The van der Waals surface area contributed by atoms with E-state index in [1.165, 1.54) is 6.07 Å². The van der Waals surface area contributed by atoms with Crippen LogP contribution in [0, 0.1) is 11.8 Å². The molecule has 2 atom stereocenters.